The number of rotatable bonds is 8. The molecule has 0 saturated carbocycles. The van der Waals surface area contributed by atoms with E-state index >= 15 is 0 Å². The molecule has 8 heteroatoms. The Kier molecular flexibility index (Phi) is 7.37. The summed E-state index contributed by atoms with van der Waals surface area (Å²) in [5.74, 6) is -0.0454. The van der Waals surface area contributed by atoms with Crippen LogP contribution in [0.25, 0.3) is 0 Å². The molecule has 140 valence electrons. The van der Waals surface area contributed by atoms with Crippen LogP contribution < -0.4 is 10.0 Å². The van der Waals surface area contributed by atoms with Crippen LogP contribution in [0.3, 0.4) is 0 Å². The van der Waals surface area contributed by atoms with Gasteiger partial charge in [-0.3, -0.25) is 4.79 Å². The van der Waals surface area contributed by atoms with E-state index in [2.05, 4.69) is 10.0 Å². The molecule has 1 amide bonds. The number of sulfonamides is 1. The van der Waals surface area contributed by atoms with Crippen LogP contribution in [0, 0.1) is 5.92 Å². The minimum absolute atomic E-state index is 0.0894. The van der Waals surface area contributed by atoms with Gasteiger partial charge in [0.1, 0.15) is 0 Å². The summed E-state index contributed by atoms with van der Waals surface area (Å²) in [6, 6.07) is 5.87. The minimum Gasteiger partial charge on any atom is -0.383 e. The summed E-state index contributed by atoms with van der Waals surface area (Å²) >= 11 is 0. The summed E-state index contributed by atoms with van der Waals surface area (Å²) in [7, 11) is -2.09. The molecule has 1 fully saturated rings. The van der Waals surface area contributed by atoms with Crippen LogP contribution in [0.2, 0.25) is 0 Å². The molecule has 0 bridgehead atoms. The van der Waals surface area contributed by atoms with E-state index in [1.165, 1.54) is 12.1 Å². The third kappa shape index (κ3) is 6.07. The second-order valence-electron chi connectivity index (χ2n) is 6.27. The summed E-state index contributed by atoms with van der Waals surface area (Å²) in [6.07, 6.45) is 1.70. The number of carbonyl (C=O) groups excluding carboxylic acids is 1. The zero-order valence-electron chi connectivity index (χ0n) is 14.7. The van der Waals surface area contributed by atoms with Crippen LogP contribution in [-0.2, 0) is 19.5 Å². The number of nitrogens with one attached hydrogen (secondary N) is 2. The predicted molar refractivity (Wildman–Crippen MR) is 94.0 cm³/mol. The molecule has 2 rings (SSSR count). The molecule has 0 radical (unpaired) electrons. The fourth-order valence-corrected chi connectivity index (χ4v) is 3.83. The molecule has 1 aromatic carbocycles. The van der Waals surface area contributed by atoms with Gasteiger partial charge in [-0.05, 0) is 43.9 Å². The molecule has 1 aliphatic rings. The maximum absolute atomic E-state index is 12.5. The first kappa shape index (κ1) is 19.8. The van der Waals surface area contributed by atoms with Gasteiger partial charge in [0.15, 0.2) is 0 Å². The van der Waals surface area contributed by atoms with Crippen molar-refractivity contribution in [3.8, 4) is 0 Å². The second-order valence-corrected chi connectivity index (χ2v) is 8.03. The van der Waals surface area contributed by atoms with Crippen molar-refractivity contribution in [2.24, 2.45) is 5.92 Å². The zero-order chi connectivity index (χ0) is 18.3. The molecule has 0 spiro atoms. The molecule has 0 aliphatic carbocycles. The van der Waals surface area contributed by atoms with Gasteiger partial charge < -0.3 is 14.8 Å². The fraction of sp³-hybridized carbons (Fsp3) is 0.588. The first-order valence-electron chi connectivity index (χ1n) is 8.39. The van der Waals surface area contributed by atoms with Crippen molar-refractivity contribution >= 4 is 15.9 Å². The maximum Gasteiger partial charge on any atom is 0.251 e. The number of methoxy groups -OCH3 is 1. The Bertz CT molecular complexity index is 671. The Balaban J connectivity index is 2.01. The largest absolute Gasteiger partial charge is 0.383 e. The first-order chi connectivity index (χ1) is 11.9. The lowest BCUT2D eigenvalue weighted by Crippen LogP contribution is -2.36. The van der Waals surface area contributed by atoms with Crippen molar-refractivity contribution in [1.29, 1.82) is 0 Å². The van der Waals surface area contributed by atoms with Gasteiger partial charge in [0.2, 0.25) is 10.0 Å². The first-order valence-corrected chi connectivity index (χ1v) is 9.88. The van der Waals surface area contributed by atoms with Crippen molar-refractivity contribution in [2.75, 3.05) is 33.5 Å². The van der Waals surface area contributed by atoms with Gasteiger partial charge in [-0.15, -0.1) is 0 Å². The van der Waals surface area contributed by atoms with Crippen LogP contribution in [0.15, 0.2) is 29.2 Å². The number of hydrogen-bond acceptors (Lipinski definition) is 5. The average Bonchev–Trinajstić information content (AvgIpc) is 2.61. The van der Waals surface area contributed by atoms with Crippen molar-refractivity contribution in [3.63, 3.8) is 0 Å². The fourth-order valence-electron chi connectivity index (χ4n) is 2.66. The van der Waals surface area contributed by atoms with Gasteiger partial charge in [-0.1, -0.05) is 6.07 Å². The highest BCUT2D eigenvalue weighted by Crippen LogP contribution is 2.16. The highest BCUT2D eigenvalue weighted by Gasteiger charge is 2.20. The molecule has 1 aromatic rings. The molecule has 1 saturated heterocycles. The highest BCUT2D eigenvalue weighted by atomic mass is 32.2. The predicted octanol–water partition coefficient (Wildman–Crippen LogP) is 1.16. The minimum atomic E-state index is -3.65. The molecule has 1 unspecified atom stereocenters. The van der Waals surface area contributed by atoms with Gasteiger partial charge in [0, 0.05) is 38.5 Å². The summed E-state index contributed by atoms with van der Waals surface area (Å²) in [6.45, 7) is 3.92. The number of ether oxygens (including phenoxy) is 2. The summed E-state index contributed by atoms with van der Waals surface area (Å²) < 4.78 is 37.9. The Morgan fingerprint density at radius 1 is 1.36 bits per heavy atom. The van der Waals surface area contributed by atoms with Crippen LogP contribution in [0.1, 0.15) is 30.1 Å². The quantitative estimate of drug-likeness (QED) is 0.716. The van der Waals surface area contributed by atoms with E-state index in [9.17, 15) is 13.2 Å². The zero-order valence-corrected chi connectivity index (χ0v) is 15.5. The summed E-state index contributed by atoms with van der Waals surface area (Å²) in [4.78, 5) is 12.3. The smallest absolute Gasteiger partial charge is 0.251 e. The number of hydrogen-bond donors (Lipinski definition) is 2. The van der Waals surface area contributed by atoms with Crippen molar-refractivity contribution < 1.29 is 22.7 Å². The number of amides is 1. The van der Waals surface area contributed by atoms with E-state index in [0.29, 0.717) is 31.9 Å². The third-order valence-corrected chi connectivity index (χ3v) is 5.52. The van der Waals surface area contributed by atoms with Gasteiger partial charge in [0.25, 0.3) is 5.91 Å². The van der Waals surface area contributed by atoms with Crippen molar-refractivity contribution in [3.05, 3.63) is 29.8 Å². The Labute approximate surface area is 149 Å². The van der Waals surface area contributed by atoms with E-state index in [1.807, 2.05) is 6.92 Å². The Morgan fingerprint density at radius 3 is 2.76 bits per heavy atom. The lowest BCUT2D eigenvalue weighted by molar-refractivity contribution is 0.0678. The second kappa shape index (κ2) is 9.28. The van der Waals surface area contributed by atoms with E-state index in [0.717, 1.165) is 12.8 Å². The molecule has 1 heterocycles. The topological polar surface area (TPSA) is 93.7 Å². The molecule has 7 nitrogen and oxygen atoms in total. The van der Waals surface area contributed by atoms with Crippen LogP contribution in [0.4, 0.5) is 0 Å². The molecular formula is C17H26N2O5S. The molecule has 25 heavy (non-hydrogen) atoms. The SMILES string of the molecule is COCC(C)NC(=O)c1cccc(S(=O)(=O)NCC2CCOCC2)c1. The summed E-state index contributed by atoms with van der Waals surface area (Å²) in [5.41, 5.74) is 0.303. The standard InChI is InChI=1S/C17H26N2O5S/c1-13(12-23-2)19-17(20)15-4-3-5-16(10-15)25(21,22)18-11-14-6-8-24-9-7-14/h3-5,10,13-14,18H,6-9,11-12H2,1-2H3,(H,19,20). The van der Waals surface area contributed by atoms with Gasteiger partial charge >= 0.3 is 0 Å². The maximum atomic E-state index is 12.5. The van der Waals surface area contributed by atoms with Gasteiger partial charge in [-0.25, -0.2) is 13.1 Å². The third-order valence-electron chi connectivity index (χ3n) is 4.10. The average molecular weight is 370 g/mol. The lowest BCUT2D eigenvalue weighted by Gasteiger charge is -2.22. The monoisotopic (exact) mass is 370 g/mol. The van der Waals surface area contributed by atoms with Crippen molar-refractivity contribution in [1.82, 2.24) is 10.0 Å². The van der Waals surface area contributed by atoms with Crippen LogP contribution in [0.5, 0.6) is 0 Å². The Morgan fingerprint density at radius 2 is 2.08 bits per heavy atom. The molecule has 1 atom stereocenters. The van der Waals surface area contributed by atoms with Crippen LogP contribution >= 0.6 is 0 Å². The van der Waals surface area contributed by atoms with E-state index in [4.69, 9.17) is 9.47 Å². The highest BCUT2D eigenvalue weighted by molar-refractivity contribution is 7.89. The molecular weight excluding hydrogens is 344 g/mol. The van der Waals surface area contributed by atoms with E-state index in [1.54, 1.807) is 19.2 Å². The van der Waals surface area contributed by atoms with Gasteiger partial charge in [0.05, 0.1) is 11.5 Å². The van der Waals surface area contributed by atoms with E-state index in [-0.39, 0.29) is 22.8 Å². The molecule has 1 aliphatic heterocycles. The van der Waals surface area contributed by atoms with Crippen molar-refractivity contribution in [2.45, 2.75) is 30.7 Å². The number of carbonyl (C=O) groups is 1. The Hall–Kier alpha value is -1.48. The molecule has 0 aromatic heterocycles. The number of benzene rings is 1. The van der Waals surface area contributed by atoms with Gasteiger partial charge in [-0.2, -0.15) is 0 Å². The lowest BCUT2D eigenvalue weighted by atomic mass is 10.0. The molecule has 2 N–H and O–H groups in total. The summed E-state index contributed by atoms with van der Waals surface area (Å²) in [5, 5.41) is 2.77. The normalized spacial score (nSPS) is 17.2. The van der Waals surface area contributed by atoms with Crippen LogP contribution in [-0.4, -0.2) is 53.8 Å². The van der Waals surface area contributed by atoms with E-state index < -0.39 is 10.0 Å².